The lowest BCUT2D eigenvalue weighted by Gasteiger charge is -2.40. The van der Waals surface area contributed by atoms with Crippen LogP contribution in [0.25, 0.3) is 22.4 Å². The first kappa shape index (κ1) is 17.4. The topological polar surface area (TPSA) is 67.5 Å². The normalized spacial score (nSPS) is 15.8. The third-order valence-corrected chi connectivity index (χ3v) is 4.93. The Morgan fingerprint density at radius 1 is 1.19 bits per heavy atom. The van der Waals surface area contributed by atoms with Crippen molar-refractivity contribution in [2.24, 2.45) is 0 Å². The van der Waals surface area contributed by atoms with Gasteiger partial charge in [0.05, 0.1) is 23.8 Å². The van der Waals surface area contributed by atoms with Crippen molar-refractivity contribution in [1.29, 1.82) is 0 Å². The lowest BCUT2D eigenvalue weighted by molar-refractivity contribution is 0.0340. The molecule has 0 unspecified atom stereocenters. The molecule has 0 radical (unpaired) electrons. The number of carbonyl (C=O) groups is 1. The maximum atomic E-state index is 12.5. The third kappa shape index (κ3) is 2.81. The number of carbonyl (C=O) groups excluding carboxylic acids is 1. The number of amides is 1. The molecule has 0 aliphatic carbocycles. The van der Waals surface area contributed by atoms with E-state index in [9.17, 15) is 4.79 Å². The highest BCUT2D eigenvalue weighted by Gasteiger charge is 2.39. The second-order valence-electron chi connectivity index (χ2n) is 7.54. The van der Waals surface area contributed by atoms with Gasteiger partial charge in [-0.15, -0.1) is 0 Å². The van der Waals surface area contributed by atoms with Crippen molar-refractivity contribution < 1.29 is 14.3 Å². The number of ether oxygens (including phenoxy) is 2. The van der Waals surface area contributed by atoms with E-state index in [0.717, 1.165) is 39.4 Å². The number of benzene rings is 2. The van der Waals surface area contributed by atoms with E-state index in [4.69, 9.17) is 14.5 Å². The van der Waals surface area contributed by atoms with Crippen LogP contribution in [0.5, 0.6) is 5.75 Å². The molecule has 1 amide bonds. The van der Waals surface area contributed by atoms with Gasteiger partial charge in [0, 0.05) is 17.2 Å². The van der Waals surface area contributed by atoms with Crippen LogP contribution in [0.3, 0.4) is 0 Å². The highest BCUT2D eigenvalue weighted by atomic mass is 16.6. The Morgan fingerprint density at radius 3 is 2.52 bits per heavy atom. The monoisotopic (exact) mass is 365 g/mol. The summed E-state index contributed by atoms with van der Waals surface area (Å²) in [5, 5.41) is 0. The number of hydrogen-bond donors (Lipinski definition) is 1. The second-order valence-corrected chi connectivity index (χ2v) is 7.54. The molecule has 3 aromatic rings. The molecule has 1 aliphatic rings. The van der Waals surface area contributed by atoms with E-state index in [2.05, 4.69) is 4.98 Å². The van der Waals surface area contributed by atoms with E-state index < -0.39 is 5.60 Å². The molecule has 2 heterocycles. The zero-order valence-corrected chi connectivity index (χ0v) is 16.2. The molecule has 0 atom stereocenters. The van der Waals surface area contributed by atoms with Gasteiger partial charge in [-0.1, -0.05) is 0 Å². The zero-order valence-electron chi connectivity index (χ0n) is 16.2. The van der Waals surface area contributed by atoms with Gasteiger partial charge in [0.1, 0.15) is 17.2 Å². The van der Waals surface area contributed by atoms with Crippen molar-refractivity contribution >= 4 is 22.8 Å². The Labute approximate surface area is 158 Å². The van der Waals surface area contributed by atoms with E-state index in [1.165, 1.54) is 0 Å². The molecule has 4 rings (SSSR count). The Kier molecular flexibility index (Phi) is 3.87. The fraction of sp³-hybridized carbons (Fsp3) is 0.333. The summed E-state index contributed by atoms with van der Waals surface area (Å²) in [4.78, 5) is 22.3. The second kappa shape index (κ2) is 6.01. The third-order valence-electron chi connectivity index (χ3n) is 4.93. The van der Waals surface area contributed by atoms with Crippen molar-refractivity contribution in [2.75, 3.05) is 12.0 Å². The minimum absolute atomic E-state index is 0.00944. The number of methoxy groups -OCH3 is 1. The lowest BCUT2D eigenvalue weighted by Crippen LogP contribution is -2.46. The molecule has 0 saturated carbocycles. The van der Waals surface area contributed by atoms with Gasteiger partial charge in [-0.3, -0.25) is 4.90 Å². The molecule has 0 bridgehead atoms. The van der Waals surface area contributed by atoms with Gasteiger partial charge < -0.3 is 14.5 Å². The number of hydrogen-bond acceptors (Lipinski definition) is 4. The van der Waals surface area contributed by atoms with Gasteiger partial charge in [0.25, 0.3) is 0 Å². The minimum Gasteiger partial charge on any atom is -0.497 e. The highest BCUT2D eigenvalue weighted by Crippen LogP contribution is 2.41. The Balaban J connectivity index is 1.87. The summed E-state index contributed by atoms with van der Waals surface area (Å²) in [7, 11) is 1.65. The van der Waals surface area contributed by atoms with Gasteiger partial charge >= 0.3 is 6.09 Å². The summed E-state index contributed by atoms with van der Waals surface area (Å²) in [6, 6.07) is 11.7. The standard InChI is InChI=1S/C21H23N3O3/c1-12(2)24-18-11-17-16(10-15(18)21(3,4)27-20(24)25)22-19(23-17)13-6-8-14(26-5)9-7-13/h6-12H,1-5H3,(H,22,23). The maximum absolute atomic E-state index is 12.5. The quantitative estimate of drug-likeness (QED) is 0.721. The summed E-state index contributed by atoms with van der Waals surface area (Å²) < 4.78 is 10.9. The number of cyclic esters (lactones) is 1. The van der Waals surface area contributed by atoms with Crippen LogP contribution in [0.2, 0.25) is 0 Å². The van der Waals surface area contributed by atoms with Crippen LogP contribution in [0.15, 0.2) is 36.4 Å². The Hall–Kier alpha value is -3.02. The first-order valence-corrected chi connectivity index (χ1v) is 9.01. The van der Waals surface area contributed by atoms with Crippen LogP contribution in [0.1, 0.15) is 33.3 Å². The van der Waals surface area contributed by atoms with Gasteiger partial charge in [-0.25, -0.2) is 9.78 Å². The number of nitrogens with zero attached hydrogens (tertiary/aromatic N) is 2. The number of anilines is 1. The number of rotatable bonds is 3. The SMILES string of the molecule is COc1ccc(-c2nc3cc4c(cc3[nH]2)C(C)(C)OC(=O)N4C(C)C)cc1. The summed E-state index contributed by atoms with van der Waals surface area (Å²) >= 11 is 0. The van der Waals surface area contributed by atoms with Crippen LogP contribution < -0.4 is 9.64 Å². The van der Waals surface area contributed by atoms with Crippen molar-refractivity contribution in [1.82, 2.24) is 9.97 Å². The molecule has 6 nitrogen and oxygen atoms in total. The Bertz CT molecular complexity index is 1020. The Morgan fingerprint density at radius 2 is 1.89 bits per heavy atom. The van der Waals surface area contributed by atoms with E-state index in [0.29, 0.717) is 0 Å². The lowest BCUT2D eigenvalue weighted by atomic mass is 9.93. The van der Waals surface area contributed by atoms with Crippen molar-refractivity contribution in [3.63, 3.8) is 0 Å². The smallest absolute Gasteiger partial charge is 0.415 e. The predicted octanol–water partition coefficient (Wildman–Crippen LogP) is 4.84. The average molecular weight is 365 g/mol. The van der Waals surface area contributed by atoms with Crippen LogP contribution >= 0.6 is 0 Å². The van der Waals surface area contributed by atoms with Crippen LogP contribution in [0.4, 0.5) is 10.5 Å². The summed E-state index contributed by atoms with van der Waals surface area (Å²) in [5.41, 5.74) is 3.82. The summed E-state index contributed by atoms with van der Waals surface area (Å²) in [6.07, 6.45) is -0.326. The average Bonchev–Trinajstić information content (AvgIpc) is 3.02. The first-order valence-electron chi connectivity index (χ1n) is 9.01. The molecule has 1 N–H and O–H groups in total. The molecule has 27 heavy (non-hydrogen) atoms. The van der Waals surface area contributed by atoms with E-state index in [1.807, 2.05) is 64.1 Å². The highest BCUT2D eigenvalue weighted by molar-refractivity contribution is 5.96. The molecule has 2 aromatic carbocycles. The van der Waals surface area contributed by atoms with Gasteiger partial charge in [0.15, 0.2) is 0 Å². The molecule has 0 spiro atoms. The van der Waals surface area contributed by atoms with Gasteiger partial charge in [-0.05, 0) is 64.1 Å². The van der Waals surface area contributed by atoms with Crippen LogP contribution in [-0.4, -0.2) is 29.2 Å². The predicted molar refractivity (Wildman–Crippen MR) is 105 cm³/mol. The van der Waals surface area contributed by atoms with Crippen molar-refractivity contribution in [2.45, 2.75) is 39.3 Å². The summed E-state index contributed by atoms with van der Waals surface area (Å²) in [5.74, 6) is 1.58. The van der Waals surface area contributed by atoms with Crippen LogP contribution in [0, 0.1) is 0 Å². The molecule has 140 valence electrons. The first-order chi connectivity index (χ1) is 12.8. The number of aromatic nitrogens is 2. The summed E-state index contributed by atoms with van der Waals surface area (Å²) in [6.45, 7) is 7.77. The fourth-order valence-electron chi connectivity index (χ4n) is 3.52. The van der Waals surface area contributed by atoms with Crippen molar-refractivity contribution in [3.8, 4) is 17.1 Å². The minimum atomic E-state index is -0.697. The van der Waals surface area contributed by atoms with E-state index in [1.54, 1.807) is 12.0 Å². The van der Waals surface area contributed by atoms with E-state index >= 15 is 0 Å². The molecule has 0 fully saturated rings. The van der Waals surface area contributed by atoms with Gasteiger partial charge in [-0.2, -0.15) is 0 Å². The van der Waals surface area contributed by atoms with Crippen molar-refractivity contribution in [3.05, 3.63) is 42.0 Å². The number of imidazole rings is 1. The van der Waals surface area contributed by atoms with Gasteiger partial charge in [0.2, 0.25) is 0 Å². The number of nitrogens with one attached hydrogen (secondary N) is 1. The number of H-pyrrole nitrogens is 1. The number of fused-ring (bicyclic) bond motifs is 2. The molecule has 0 saturated heterocycles. The molecule has 6 heteroatoms. The largest absolute Gasteiger partial charge is 0.497 e. The fourth-order valence-corrected chi connectivity index (χ4v) is 3.52. The maximum Gasteiger partial charge on any atom is 0.415 e. The van der Waals surface area contributed by atoms with E-state index in [-0.39, 0.29) is 12.1 Å². The zero-order chi connectivity index (χ0) is 19.3. The molecular formula is C21H23N3O3. The molecule has 1 aromatic heterocycles. The molecule has 1 aliphatic heterocycles. The van der Waals surface area contributed by atoms with Crippen LogP contribution in [-0.2, 0) is 10.3 Å². The molecular weight excluding hydrogens is 342 g/mol. The number of aromatic amines is 1.